The maximum atomic E-state index is 11.5. The van der Waals surface area contributed by atoms with Crippen molar-refractivity contribution >= 4 is 29.0 Å². The van der Waals surface area contributed by atoms with E-state index in [1.54, 1.807) is 12.3 Å². The summed E-state index contributed by atoms with van der Waals surface area (Å²) in [6.07, 6.45) is 5.34. The number of amides is 2. The third-order valence-electron chi connectivity index (χ3n) is 2.94. The van der Waals surface area contributed by atoms with Crippen molar-refractivity contribution in [3.63, 3.8) is 0 Å². The van der Waals surface area contributed by atoms with Crippen LogP contribution in [0.5, 0.6) is 0 Å². The second-order valence-electron chi connectivity index (χ2n) is 4.29. The summed E-state index contributed by atoms with van der Waals surface area (Å²) in [6, 6.07) is 7.69. The molecule has 6 heteroatoms. The molecule has 1 aromatic heterocycles. The minimum absolute atomic E-state index is 0.327. The van der Waals surface area contributed by atoms with E-state index in [2.05, 4.69) is 10.3 Å². The predicted molar refractivity (Wildman–Crippen MR) is 77.4 cm³/mol. The molecular weight excluding hydrogens is 274 g/mol. The minimum atomic E-state index is -0.338. The first-order chi connectivity index (χ1) is 9.63. The Kier molecular flexibility index (Phi) is 3.15. The molecule has 0 atom stereocenters. The number of hydrogen-bond acceptors (Lipinski definition) is 4. The van der Waals surface area contributed by atoms with Crippen LogP contribution in [0.2, 0.25) is 0 Å². The lowest BCUT2D eigenvalue weighted by Crippen LogP contribution is -2.17. The summed E-state index contributed by atoms with van der Waals surface area (Å²) in [5.74, 6) is 0.571. The van der Waals surface area contributed by atoms with Crippen molar-refractivity contribution in [1.82, 2.24) is 14.9 Å². The molecule has 1 aliphatic heterocycles. The number of benzene rings is 1. The highest BCUT2D eigenvalue weighted by atomic mass is 32.2. The van der Waals surface area contributed by atoms with Crippen molar-refractivity contribution in [3.05, 3.63) is 53.0 Å². The lowest BCUT2D eigenvalue weighted by molar-refractivity contribution is -0.115. The average molecular weight is 285 g/mol. The summed E-state index contributed by atoms with van der Waals surface area (Å²) < 4.78 is 1.97. The molecule has 1 aliphatic rings. The molecule has 1 saturated heterocycles. The van der Waals surface area contributed by atoms with E-state index in [9.17, 15) is 9.59 Å². The molecule has 0 unspecified atom stereocenters. The zero-order chi connectivity index (χ0) is 14.1. The van der Waals surface area contributed by atoms with E-state index in [1.165, 1.54) is 0 Å². The Bertz CT molecular complexity index is 716. The van der Waals surface area contributed by atoms with Crippen molar-refractivity contribution in [3.8, 4) is 5.69 Å². The summed E-state index contributed by atoms with van der Waals surface area (Å²) in [7, 11) is 0. The second-order valence-corrected chi connectivity index (χ2v) is 5.30. The first-order valence-electron chi connectivity index (χ1n) is 5.99. The summed E-state index contributed by atoms with van der Waals surface area (Å²) in [6.45, 7) is 1.93. The van der Waals surface area contributed by atoms with Gasteiger partial charge in [-0.1, -0.05) is 12.1 Å². The molecule has 0 saturated carbocycles. The van der Waals surface area contributed by atoms with Crippen LogP contribution in [-0.4, -0.2) is 20.7 Å². The fourth-order valence-electron chi connectivity index (χ4n) is 1.95. The normalized spacial score (nSPS) is 16.8. The van der Waals surface area contributed by atoms with Gasteiger partial charge in [0.05, 0.1) is 4.91 Å². The second kappa shape index (κ2) is 4.97. The Morgan fingerprint density at radius 2 is 2.00 bits per heavy atom. The van der Waals surface area contributed by atoms with Gasteiger partial charge in [-0.05, 0) is 42.5 Å². The van der Waals surface area contributed by atoms with E-state index in [0.717, 1.165) is 28.8 Å². The quantitative estimate of drug-likeness (QED) is 0.861. The molecule has 2 heterocycles. The van der Waals surface area contributed by atoms with E-state index >= 15 is 0 Å². The largest absolute Gasteiger partial charge is 0.304 e. The lowest BCUT2D eigenvalue weighted by Gasteiger charge is -2.05. The topological polar surface area (TPSA) is 64.0 Å². The van der Waals surface area contributed by atoms with Crippen molar-refractivity contribution in [2.75, 3.05) is 0 Å². The van der Waals surface area contributed by atoms with Crippen LogP contribution >= 0.6 is 11.8 Å². The third-order valence-corrected chi connectivity index (χ3v) is 3.75. The number of imidazole rings is 1. The van der Waals surface area contributed by atoms with Gasteiger partial charge in [0.2, 0.25) is 0 Å². The van der Waals surface area contributed by atoms with Crippen LogP contribution in [0.25, 0.3) is 11.8 Å². The number of carbonyl (C=O) groups is 2. The summed E-state index contributed by atoms with van der Waals surface area (Å²) in [5.41, 5.74) is 1.88. The number of nitrogens with zero attached hydrogens (tertiary/aromatic N) is 2. The maximum absolute atomic E-state index is 11.5. The van der Waals surface area contributed by atoms with E-state index in [-0.39, 0.29) is 11.1 Å². The molecule has 100 valence electrons. The van der Waals surface area contributed by atoms with Gasteiger partial charge in [0.25, 0.3) is 11.1 Å². The minimum Gasteiger partial charge on any atom is -0.304 e. The number of nitrogens with one attached hydrogen (secondary N) is 1. The van der Waals surface area contributed by atoms with Gasteiger partial charge in [-0.15, -0.1) is 0 Å². The Morgan fingerprint density at radius 3 is 2.55 bits per heavy atom. The van der Waals surface area contributed by atoms with E-state index in [4.69, 9.17) is 0 Å². The van der Waals surface area contributed by atoms with Crippen LogP contribution in [-0.2, 0) is 4.79 Å². The molecule has 20 heavy (non-hydrogen) atoms. The van der Waals surface area contributed by atoms with E-state index < -0.39 is 0 Å². The summed E-state index contributed by atoms with van der Waals surface area (Å²) in [5, 5.41) is 1.91. The highest BCUT2D eigenvalue weighted by Gasteiger charge is 2.24. The van der Waals surface area contributed by atoms with Gasteiger partial charge in [0.15, 0.2) is 0 Å². The zero-order valence-corrected chi connectivity index (χ0v) is 11.5. The highest BCUT2D eigenvalue weighted by molar-refractivity contribution is 8.18. The molecule has 0 aliphatic carbocycles. The molecule has 3 rings (SSSR count). The monoisotopic (exact) mass is 285 g/mol. The number of hydrogen-bond donors (Lipinski definition) is 1. The smallest absolute Gasteiger partial charge is 0.290 e. The summed E-state index contributed by atoms with van der Waals surface area (Å²) in [4.78, 5) is 27.1. The SMILES string of the molecule is Cc1nccn1-c1ccc(C=C2SC(=O)NC2=O)cc1. The van der Waals surface area contributed by atoms with Crippen LogP contribution in [0.15, 0.2) is 41.6 Å². The van der Waals surface area contributed by atoms with E-state index in [0.29, 0.717) is 4.91 Å². The van der Waals surface area contributed by atoms with Gasteiger partial charge in [0.1, 0.15) is 5.82 Å². The van der Waals surface area contributed by atoms with Gasteiger partial charge >= 0.3 is 0 Å². The van der Waals surface area contributed by atoms with Crippen LogP contribution in [0.3, 0.4) is 0 Å². The number of thioether (sulfide) groups is 1. The molecule has 2 aromatic rings. The van der Waals surface area contributed by atoms with Crippen molar-refractivity contribution in [2.45, 2.75) is 6.92 Å². The molecule has 1 aromatic carbocycles. The molecule has 0 radical (unpaired) electrons. The molecule has 1 N–H and O–H groups in total. The predicted octanol–water partition coefficient (Wildman–Crippen LogP) is 2.50. The fraction of sp³-hybridized carbons (Fsp3) is 0.0714. The lowest BCUT2D eigenvalue weighted by atomic mass is 10.2. The Morgan fingerprint density at radius 1 is 1.25 bits per heavy atom. The van der Waals surface area contributed by atoms with Crippen molar-refractivity contribution in [1.29, 1.82) is 0 Å². The van der Waals surface area contributed by atoms with Gasteiger partial charge in [-0.3, -0.25) is 14.9 Å². The number of aryl methyl sites for hydroxylation is 1. The molecule has 0 spiro atoms. The van der Waals surface area contributed by atoms with Crippen LogP contribution in [0, 0.1) is 6.92 Å². The van der Waals surface area contributed by atoms with Crippen LogP contribution in [0.1, 0.15) is 11.4 Å². The van der Waals surface area contributed by atoms with Crippen molar-refractivity contribution in [2.24, 2.45) is 0 Å². The number of imide groups is 1. The molecular formula is C14H11N3O2S. The molecule has 5 nitrogen and oxygen atoms in total. The van der Waals surface area contributed by atoms with Gasteiger partial charge in [-0.2, -0.15) is 0 Å². The summed E-state index contributed by atoms with van der Waals surface area (Å²) >= 11 is 0.919. The number of carbonyl (C=O) groups excluding carboxylic acids is 2. The molecule has 0 bridgehead atoms. The van der Waals surface area contributed by atoms with Gasteiger partial charge in [0, 0.05) is 18.1 Å². The highest BCUT2D eigenvalue weighted by Crippen LogP contribution is 2.25. The molecule has 1 fully saturated rings. The average Bonchev–Trinajstić information content (AvgIpc) is 2.97. The first-order valence-corrected chi connectivity index (χ1v) is 6.80. The zero-order valence-electron chi connectivity index (χ0n) is 10.7. The van der Waals surface area contributed by atoms with Crippen LogP contribution in [0.4, 0.5) is 4.79 Å². The maximum Gasteiger partial charge on any atom is 0.290 e. The first kappa shape index (κ1) is 12.7. The fourth-order valence-corrected chi connectivity index (χ4v) is 2.64. The molecule has 2 amide bonds. The Balaban J connectivity index is 1.87. The Hall–Kier alpha value is -2.34. The van der Waals surface area contributed by atoms with Gasteiger partial charge < -0.3 is 4.57 Å². The van der Waals surface area contributed by atoms with Crippen LogP contribution < -0.4 is 5.32 Å². The van der Waals surface area contributed by atoms with Crippen molar-refractivity contribution < 1.29 is 9.59 Å². The van der Waals surface area contributed by atoms with E-state index in [1.807, 2.05) is 42.0 Å². The Labute approximate surface area is 119 Å². The number of aromatic nitrogens is 2. The standard InChI is InChI=1S/C14H11N3O2S/c1-9-15-6-7-17(9)11-4-2-10(3-5-11)8-12-13(18)16-14(19)20-12/h2-8H,1H3,(H,16,18,19). The third kappa shape index (κ3) is 2.37. The number of rotatable bonds is 2. The van der Waals surface area contributed by atoms with Gasteiger partial charge in [-0.25, -0.2) is 4.98 Å².